The fourth-order valence-electron chi connectivity index (χ4n) is 2.14. The molecule has 2 atom stereocenters. The van der Waals surface area contributed by atoms with Gasteiger partial charge in [-0.2, -0.15) is 0 Å². The van der Waals surface area contributed by atoms with Crippen molar-refractivity contribution in [3.8, 4) is 0 Å². The summed E-state index contributed by atoms with van der Waals surface area (Å²) in [7, 11) is 0. The molecule has 4 heteroatoms. The first-order valence-corrected chi connectivity index (χ1v) is 6.03. The molecule has 1 aliphatic rings. The minimum absolute atomic E-state index is 0.102. The van der Waals surface area contributed by atoms with E-state index in [0.717, 1.165) is 13.0 Å². The zero-order valence-corrected chi connectivity index (χ0v) is 10.1. The van der Waals surface area contributed by atoms with Crippen LogP contribution in [0.4, 0.5) is 0 Å². The zero-order chi connectivity index (χ0) is 12.3. The van der Waals surface area contributed by atoms with Gasteiger partial charge in [-0.15, -0.1) is 0 Å². The normalized spacial score (nSPS) is 20.5. The number of hydrogen-bond acceptors (Lipinski definition) is 3. The quantitative estimate of drug-likeness (QED) is 0.705. The van der Waals surface area contributed by atoms with E-state index in [-0.39, 0.29) is 11.9 Å². The molecular weight excluding hydrogens is 214 g/mol. The molecule has 0 bridgehead atoms. The van der Waals surface area contributed by atoms with Gasteiger partial charge in [0.05, 0.1) is 6.04 Å². The molecule has 1 amide bonds. The van der Waals surface area contributed by atoms with Crippen molar-refractivity contribution in [2.24, 2.45) is 5.73 Å². The van der Waals surface area contributed by atoms with Crippen molar-refractivity contribution in [2.45, 2.75) is 25.4 Å². The van der Waals surface area contributed by atoms with Gasteiger partial charge in [0.25, 0.3) is 0 Å². The second kappa shape index (κ2) is 5.29. The molecule has 92 valence electrons. The van der Waals surface area contributed by atoms with Crippen LogP contribution in [-0.4, -0.2) is 25.0 Å². The van der Waals surface area contributed by atoms with Gasteiger partial charge < -0.3 is 16.4 Å². The van der Waals surface area contributed by atoms with E-state index in [0.29, 0.717) is 6.54 Å². The maximum absolute atomic E-state index is 11.4. The summed E-state index contributed by atoms with van der Waals surface area (Å²) in [6.45, 7) is 3.24. The fraction of sp³-hybridized carbons (Fsp3) is 0.462. The highest BCUT2D eigenvalue weighted by Crippen LogP contribution is 2.21. The van der Waals surface area contributed by atoms with Gasteiger partial charge in [-0.1, -0.05) is 24.3 Å². The number of nitrogens with one attached hydrogen (secondary N) is 2. The zero-order valence-electron chi connectivity index (χ0n) is 10.1. The molecule has 1 aromatic rings. The highest BCUT2D eigenvalue weighted by atomic mass is 16.2. The lowest BCUT2D eigenvalue weighted by atomic mass is 9.94. The van der Waals surface area contributed by atoms with Gasteiger partial charge in [-0.3, -0.25) is 4.79 Å². The Hall–Kier alpha value is -1.39. The Morgan fingerprint density at radius 3 is 3.12 bits per heavy atom. The summed E-state index contributed by atoms with van der Waals surface area (Å²) in [5.74, 6) is -0.102. The predicted octanol–water partition coefficient (Wildman–Crippen LogP) is 0.337. The van der Waals surface area contributed by atoms with Gasteiger partial charge in [0.15, 0.2) is 0 Å². The topological polar surface area (TPSA) is 67.2 Å². The van der Waals surface area contributed by atoms with Gasteiger partial charge in [-0.25, -0.2) is 0 Å². The van der Waals surface area contributed by atoms with E-state index in [1.165, 1.54) is 11.1 Å². The molecule has 0 aliphatic carbocycles. The Balaban J connectivity index is 2.01. The molecule has 17 heavy (non-hydrogen) atoms. The second-order valence-electron chi connectivity index (χ2n) is 4.49. The molecule has 1 heterocycles. The SMILES string of the molecule is CC(N)C(=O)NCC1NCCc2ccccc21. The van der Waals surface area contributed by atoms with Crippen molar-refractivity contribution in [2.75, 3.05) is 13.1 Å². The van der Waals surface area contributed by atoms with E-state index in [1.54, 1.807) is 6.92 Å². The average Bonchev–Trinajstić information content (AvgIpc) is 2.35. The maximum Gasteiger partial charge on any atom is 0.236 e. The van der Waals surface area contributed by atoms with Crippen LogP contribution in [0.25, 0.3) is 0 Å². The molecule has 0 aromatic heterocycles. The number of fused-ring (bicyclic) bond motifs is 1. The number of carbonyl (C=O) groups is 1. The predicted molar refractivity (Wildman–Crippen MR) is 67.5 cm³/mol. The smallest absolute Gasteiger partial charge is 0.236 e. The molecule has 1 aromatic carbocycles. The Morgan fingerprint density at radius 1 is 1.59 bits per heavy atom. The summed E-state index contributed by atoms with van der Waals surface area (Å²) < 4.78 is 0. The molecule has 1 aliphatic heterocycles. The molecule has 0 saturated heterocycles. The van der Waals surface area contributed by atoms with Gasteiger partial charge in [-0.05, 0) is 31.0 Å². The third-order valence-electron chi connectivity index (χ3n) is 3.11. The Labute approximate surface area is 102 Å². The van der Waals surface area contributed by atoms with Gasteiger partial charge >= 0.3 is 0 Å². The lowest BCUT2D eigenvalue weighted by molar-refractivity contribution is -0.122. The summed E-state index contributed by atoms with van der Waals surface area (Å²) in [5.41, 5.74) is 8.16. The Kier molecular flexibility index (Phi) is 3.76. The first kappa shape index (κ1) is 12.1. The average molecular weight is 233 g/mol. The fourth-order valence-corrected chi connectivity index (χ4v) is 2.14. The molecule has 0 radical (unpaired) electrons. The number of nitrogens with two attached hydrogens (primary N) is 1. The van der Waals surface area contributed by atoms with Gasteiger partial charge in [0.1, 0.15) is 0 Å². The van der Waals surface area contributed by atoms with Crippen molar-refractivity contribution >= 4 is 5.91 Å². The van der Waals surface area contributed by atoms with E-state index in [2.05, 4.69) is 28.8 Å². The van der Waals surface area contributed by atoms with Crippen LogP contribution in [0.15, 0.2) is 24.3 Å². The van der Waals surface area contributed by atoms with Crippen LogP contribution in [0.1, 0.15) is 24.1 Å². The highest BCUT2D eigenvalue weighted by molar-refractivity contribution is 5.81. The van der Waals surface area contributed by atoms with Crippen LogP contribution < -0.4 is 16.4 Å². The Morgan fingerprint density at radius 2 is 2.35 bits per heavy atom. The minimum atomic E-state index is -0.450. The summed E-state index contributed by atoms with van der Waals surface area (Å²) in [6, 6.07) is 8.10. The van der Waals surface area contributed by atoms with Crippen LogP contribution in [0, 0.1) is 0 Å². The molecule has 2 rings (SSSR count). The maximum atomic E-state index is 11.4. The van der Waals surface area contributed by atoms with E-state index < -0.39 is 6.04 Å². The molecule has 0 saturated carbocycles. The first-order chi connectivity index (χ1) is 8.18. The van der Waals surface area contributed by atoms with E-state index >= 15 is 0 Å². The molecule has 2 unspecified atom stereocenters. The summed E-state index contributed by atoms with van der Waals surface area (Å²) in [4.78, 5) is 11.4. The highest BCUT2D eigenvalue weighted by Gasteiger charge is 2.19. The lowest BCUT2D eigenvalue weighted by Gasteiger charge is -2.27. The van der Waals surface area contributed by atoms with Gasteiger partial charge in [0, 0.05) is 12.6 Å². The van der Waals surface area contributed by atoms with Crippen LogP contribution >= 0.6 is 0 Å². The number of benzene rings is 1. The number of amides is 1. The van der Waals surface area contributed by atoms with Crippen molar-refractivity contribution < 1.29 is 4.79 Å². The van der Waals surface area contributed by atoms with Crippen molar-refractivity contribution in [1.29, 1.82) is 0 Å². The van der Waals surface area contributed by atoms with E-state index in [4.69, 9.17) is 5.73 Å². The van der Waals surface area contributed by atoms with E-state index in [9.17, 15) is 4.79 Å². The van der Waals surface area contributed by atoms with Crippen molar-refractivity contribution in [3.05, 3.63) is 35.4 Å². The summed E-state index contributed by atoms with van der Waals surface area (Å²) in [5, 5.41) is 6.28. The van der Waals surface area contributed by atoms with Gasteiger partial charge in [0.2, 0.25) is 5.91 Å². The number of carbonyl (C=O) groups excluding carboxylic acids is 1. The first-order valence-electron chi connectivity index (χ1n) is 6.03. The summed E-state index contributed by atoms with van der Waals surface area (Å²) >= 11 is 0. The monoisotopic (exact) mass is 233 g/mol. The molecule has 0 fully saturated rings. The number of rotatable bonds is 3. The van der Waals surface area contributed by atoms with Crippen LogP contribution in [-0.2, 0) is 11.2 Å². The lowest BCUT2D eigenvalue weighted by Crippen LogP contribution is -2.43. The van der Waals surface area contributed by atoms with Crippen LogP contribution in [0.2, 0.25) is 0 Å². The summed E-state index contributed by atoms with van der Waals surface area (Å²) in [6.07, 6.45) is 1.05. The molecular formula is C13H19N3O. The standard InChI is InChI=1S/C13H19N3O/c1-9(14)13(17)16-8-12-11-5-3-2-4-10(11)6-7-15-12/h2-5,9,12,15H,6-8,14H2,1H3,(H,16,17). The van der Waals surface area contributed by atoms with Crippen molar-refractivity contribution in [1.82, 2.24) is 10.6 Å². The molecule has 0 spiro atoms. The van der Waals surface area contributed by atoms with Crippen LogP contribution in [0.5, 0.6) is 0 Å². The number of hydrogen-bond donors (Lipinski definition) is 3. The van der Waals surface area contributed by atoms with Crippen LogP contribution in [0.3, 0.4) is 0 Å². The molecule has 4 N–H and O–H groups in total. The van der Waals surface area contributed by atoms with E-state index in [1.807, 2.05) is 6.07 Å². The Bertz CT molecular complexity index is 403. The largest absolute Gasteiger partial charge is 0.353 e. The third-order valence-corrected chi connectivity index (χ3v) is 3.11. The molecule has 4 nitrogen and oxygen atoms in total. The third kappa shape index (κ3) is 2.84. The second-order valence-corrected chi connectivity index (χ2v) is 4.49. The van der Waals surface area contributed by atoms with Crippen molar-refractivity contribution in [3.63, 3.8) is 0 Å². The minimum Gasteiger partial charge on any atom is -0.353 e.